The molecule has 3 nitrogen and oxygen atoms in total. The molecule has 1 aromatic carbocycles. The zero-order chi connectivity index (χ0) is 10.4. The zero-order valence-corrected chi connectivity index (χ0v) is 7.77. The van der Waals surface area contributed by atoms with Crippen LogP contribution in [0, 0.1) is 0 Å². The maximum Gasteiger partial charge on any atom is 0.308 e. The number of ether oxygens (including phenoxy) is 1. The Labute approximate surface area is 82.0 Å². The van der Waals surface area contributed by atoms with E-state index in [1.807, 2.05) is 0 Å². The number of hydrogen-bond acceptors (Lipinski definition) is 3. The van der Waals surface area contributed by atoms with Crippen molar-refractivity contribution in [1.29, 1.82) is 0 Å². The molecule has 0 N–H and O–H groups in total. The van der Waals surface area contributed by atoms with Crippen LogP contribution in [0.25, 0.3) is 6.08 Å². The molecule has 72 valence electrons. The summed E-state index contributed by atoms with van der Waals surface area (Å²) in [7, 11) is 0. The van der Waals surface area contributed by atoms with Gasteiger partial charge >= 0.3 is 5.97 Å². The first kappa shape index (κ1) is 10.2. The van der Waals surface area contributed by atoms with Crippen molar-refractivity contribution in [3.05, 3.63) is 35.9 Å². The van der Waals surface area contributed by atoms with E-state index in [0.717, 1.165) is 0 Å². The second kappa shape index (κ2) is 4.97. The number of benzene rings is 1. The molecule has 0 aliphatic rings. The number of para-hydroxylation sites is 1. The maximum atomic E-state index is 10.7. The summed E-state index contributed by atoms with van der Waals surface area (Å²) in [5.74, 6) is 0.0788. The van der Waals surface area contributed by atoms with Crippen LogP contribution in [-0.4, -0.2) is 12.3 Å². The molecule has 1 aromatic rings. The number of carbonyl (C=O) groups excluding carboxylic acids is 2. The number of aldehydes is 1. The minimum absolute atomic E-state index is 0.378. The predicted octanol–water partition coefficient (Wildman–Crippen LogP) is 1.82. The van der Waals surface area contributed by atoms with Gasteiger partial charge in [0.15, 0.2) is 0 Å². The van der Waals surface area contributed by atoms with Crippen molar-refractivity contribution in [3.63, 3.8) is 0 Å². The Morgan fingerprint density at radius 3 is 2.71 bits per heavy atom. The van der Waals surface area contributed by atoms with Gasteiger partial charge in [-0.2, -0.15) is 0 Å². The third kappa shape index (κ3) is 2.86. The van der Waals surface area contributed by atoms with E-state index in [1.165, 1.54) is 13.0 Å². The van der Waals surface area contributed by atoms with E-state index in [-0.39, 0.29) is 5.97 Å². The normalized spacial score (nSPS) is 10.1. The molecule has 0 aromatic heterocycles. The molecular weight excluding hydrogens is 180 g/mol. The van der Waals surface area contributed by atoms with Gasteiger partial charge in [0.2, 0.25) is 0 Å². The lowest BCUT2D eigenvalue weighted by atomic mass is 10.2. The smallest absolute Gasteiger partial charge is 0.308 e. The highest BCUT2D eigenvalue weighted by molar-refractivity contribution is 5.77. The largest absolute Gasteiger partial charge is 0.426 e. The van der Waals surface area contributed by atoms with E-state index in [4.69, 9.17) is 4.74 Å². The summed E-state index contributed by atoms with van der Waals surface area (Å²) in [6, 6.07) is 7.00. The van der Waals surface area contributed by atoms with Gasteiger partial charge < -0.3 is 4.74 Å². The van der Waals surface area contributed by atoms with Gasteiger partial charge in [-0.15, -0.1) is 0 Å². The maximum absolute atomic E-state index is 10.7. The minimum Gasteiger partial charge on any atom is -0.426 e. The van der Waals surface area contributed by atoms with E-state index in [2.05, 4.69) is 0 Å². The topological polar surface area (TPSA) is 43.4 Å². The molecule has 3 heteroatoms. The first-order chi connectivity index (χ1) is 6.74. The van der Waals surface area contributed by atoms with Gasteiger partial charge in [0.25, 0.3) is 0 Å². The Morgan fingerprint density at radius 2 is 2.07 bits per heavy atom. The van der Waals surface area contributed by atoms with Crippen LogP contribution < -0.4 is 4.74 Å². The molecule has 0 aliphatic heterocycles. The van der Waals surface area contributed by atoms with Crippen LogP contribution in [0.2, 0.25) is 0 Å². The highest BCUT2D eigenvalue weighted by Crippen LogP contribution is 2.19. The highest BCUT2D eigenvalue weighted by Gasteiger charge is 2.01. The fourth-order valence-electron chi connectivity index (χ4n) is 1.01. The number of carbonyl (C=O) groups is 2. The predicted molar refractivity (Wildman–Crippen MR) is 52.8 cm³/mol. The van der Waals surface area contributed by atoms with Crippen LogP contribution in [0.1, 0.15) is 12.5 Å². The first-order valence-electron chi connectivity index (χ1n) is 4.13. The minimum atomic E-state index is -0.378. The molecule has 14 heavy (non-hydrogen) atoms. The zero-order valence-electron chi connectivity index (χ0n) is 7.77. The number of hydrogen-bond donors (Lipinski definition) is 0. The highest BCUT2D eigenvalue weighted by atomic mass is 16.5. The first-order valence-corrected chi connectivity index (χ1v) is 4.13. The Bertz CT molecular complexity index is 367. The number of rotatable bonds is 3. The molecule has 0 saturated heterocycles. The molecule has 0 spiro atoms. The third-order valence-corrected chi connectivity index (χ3v) is 1.53. The molecule has 0 radical (unpaired) electrons. The average molecular weight is 190 g/mol. The van der Waals surface area contributed by atoms with Gasteiger partial charge in [0.1, 0.15) is 12.0 Å². The lowest BCUT2D eigenvalue weighted by molar-refractivity contribution is -0.131. The van der Waals surface area contributed by atoms with Gasteiger partial charge in [0.05, 0.1) is 0 Å². The molecule has 0 saturated carbocycles. The van der Waals surface area contributed by atoms with E-state index >= 15 is 0 Å². The van der Waals surface area contributed by atoms with E-state index < -0.39 is 0 Å². The van der Waals surface area contributed by atoms with Crippen molar-refractivity contribution >= 4 is 18.3 Å². The van der Waals surface area contributed by atoms with Gasteiger partial charge in [-0.05, 0) is 18.2 Å². The SMILES string of the molecule is CC(=O)Oc1ccccc1/C=C\C=O. The molecule has 0 atom stereocenters. The molecule has 0 heterocycles. The summed E-state index contributed by atoms with van der Waals surface area (Å²) < 4.78 is 4.94. The summed E-state index contributed by atoms with van der Waals surface area (Å²) in [5, 5.41) is 0. The molecule has 0 fully saturated rings. The van der Waals surface area contributed by atoms with E-state index in [0.29, 0.717) is 17.6 Å². The van der Waals surface area contributed by atoms with Crippen LogP contribution in [0.15, 0.2) is 30.3 Å². The van der Waals surface area contributed by atoms with Gasteiger partial charge in [-0.25, -0.2) is 0 Å². The standard InChI is InChI=1S/C11H10O3/c1-9(13)14-11-7-3-2-5-10(11)6-4-8-12/h2-8H,1H3/b6-4-. The molecule has 0 amide bonds. The lowest BCUT2D eigenvalue weighted by Gasteiger charge is -2.03. The second-order valence-corrected chi connectivity index (χ2v) is 2.63. The molecular formula is C11H10O3. The van der Waals surface area contributed by atoms with Crippen LogP contribution in [0.4, 0.5) is 0 Å². The summed E-state index contributed by atoms with van der Waals surface area (Å²) in [6.07, 6.45) is 3.61. The third-order valence-electron chi connectivity index (χ3n) is 1.53. The van der Waals surface area contributed by atoms with Gasteiger partial charge in [-0.1, -0.05) is 18.2 Å². The van der Waals surface area contributed by atoms with E-state index in [1.54, 1.807) is 30.3 Å². The Morgan fingerprint density at radius 1 is 1.36 bits per heavy atom. The Kier molecular flexibility index (Phi) is 3.61. The summed E-state index contributed by atoms with van der Waals surface area (Å²) >= 11 is 0. The van der Waals surface area contributed by atoms with Crippen molar-refractivity contribution in [1.82, 2.24) is 0 Å². The van der Waals surface area contributed by atoms with E-state index in [9.17, 15) is 9.59 Å². The second-order valence-electron chi connectivity index (χ2n) is 2.63. The summed E-state index contributed by atoms with van der Waals surface area (Å²) in [4.78, 5) is 20.8. The van der Waals surface area contributed by atoms with Crippen molar-refractivity contribution in [2.75, 3.05) is 0 Å². The Hall–Kier alpha value is -1.90. The molecule has 1 rings (SSSR count). The fraction of sp³-hybridized carbons (Fsp3) is 0.0909. The average Bonchev–Trinajstić information content (AvgIpc) is 2.16. The molecule has 0 aliphatic carbocycles. The Balaban J connectivity index is 2.96. The summed E-state index contributed by atoms with van der Waals surface area (Å²) in [6.45, 7) is 1.33. The van der Waals surface area contributed by atoms with Crippen molar-refractivity contribution in [2.24, 2.45) is 0 Å². The fourth-order valence-corrected chi connectivity index (χ4v) is 1.01. The van der Waals surface area contributed by atoms with Crippen molar-refractivity contribution < 1.29 is 14.3 Å². The van der Waals surface area contributed by atoms with Gasteiger partial charge in [0, 0.05) is 12.5 Å². The van der Waals surface area contributed by atoms with Crippen molar-refractivity contribution in [3.8, 4) is 5.75 Å². The van der Waals surface area contributed by atoms with Crippen LogP contribution in [-0.2, 0) is 9.59 Å². The molecule has 0 bridgehead atoms. The molecule has 0 unspecified atom stereocenters. The van der Waals surface area contributed by atoms with Crippen LogP contribution in [0.5, 0.6) is 5.75 Å². The number of esters is 1. The van der Waals surface area contributed by atoms with Gasteiger partial charge in [-0.3, -0.25) is 9.59 Å². The monoisotopic (exact) mass is 190 g/mol. The van der Waals surface area contributed by atoms with Crippen LogP contribution in [0.3, 0.4) is 0 Å². The lowest BCUT2D eigenvalue weighted by Crippen LogP contribution is -2.02. The summed E-state index contributed by atoms with van der Waals surface area (Å²) in [5.41, 5.74) is 0.704. The van der Waals surface area contributed by atoms with Crippen molar-refractivity contribution in [2.45, 2.75) is 6.92 Å². The number of allylic oxidation sites excluding steroid dienone is 1. The van der Waals surface area contributed by atoms with Crippen LogP contribution >= 0.6 is 0 Å². The quantitative estimate of drug-likeness (QED) is 0.316.